The number of nitrogens with zero attached hydrogens (tertiary/aromatic N) is 3. The van der Waals surface area contributed by atoms with Gasteiger partial charge in [-0.2, -0.15) is 0 Å². The topological polar surface area (TPSA) is 21.1 Å². The molecule has 0 spiro atoms. The molecule has 3 aliphatic rings. The summed E-state index contributed by atoms with van der Waals surface area (Å²) in [4.78, 5) is 7.24. The molecule has 0 saturated carbocycles. The van der Waals surface area contributed by atoms with Crippen molar-refractivity contribution in [1.82, 2.24) is 14.5 Å². The van der Waals surface area contributed by atoms with Gasteiger partial charge in [0, 0.05) is 11.6 Å². The normalized spacial score (nSPS) is 29.2. The Morgan fingerprint density at radius 1 is 1.25 bits per heavy atom. The van der Waals surface area contributed by atoms with E-state index in [1.807, 2.05) is 18.2 Å². The first-order chi connectivity index (χ1) is 9.76. The van der Waals surface area contributed by atoms with E-state index in [0.717, 1.165) is 34.3 Å². The number of hydrogen-bond donors (Lipinski definition) is 0. The van der Waals surface area contributed by atoms with Crippen LogP contribution in [0.25, 0.3) is 11.0 Å². The van der Waals surface area contributed by atoms with Crippen molar-refractivity contribution in [2.24, 2.45) is 5.92 Å². The molecule has 2 bridgehead atoms. The number of benzene rings is 1. The summed E-state index contributed by atoms with van der Waals surface area (Å²) in [5.41, 5.74) is 2.13. The van der Waals surface area contributed by atoms with Crippen LogP contribution in [0.2, 0.25) is 5.02 Å². The van der Waals surface area contributed by atoms with Crippen molar-refractivity contribution in [2.45, 2.75) is 24.8 Å². The van der Waals surface area contributed by atoms with Gasteiger partial charge in [0.25, 0.3) is 0 Å². The molecule has 106 valence electrons. The highest BCUT2D eigenvalue weighted by molar-refractivity contribution is 6.31. The second kappa shape index (κ2) is 4.90. The summed E-state index contributed by atoms with van der Waals surface area (Å²) in [7, 11) is 0. The molecule has 1 atom stereocenters. The summed E-state index contributed by atoms with van der Waals surface area (Å²) in [6.45, 7) is 3.60. The maximum atomic E-state index is 6.18. The third-order valence-corrected chi connectivity index (χ3v) is 5.27. The average molecular weight is 310 g/mol. The number of hydrogen-bond acceptors (Lipinski definition) is 2. The lowest BCUT2D eigenvalue weighted by molar-refractivity contribution is 0.0578. The Morgan fingerprint density at radius 2 is 2.05 bits per heavy atom. The Morgan fingerprint density at radius 3 is 2.70 bits per heavy atom. The molecule has 2 aromatic rings. The summed E-state index contributed by atoms with van der Waals surface area (Å²) in [6.07, 6.45) is 2.57. The molecule has 5 heteroatoms. The van der Waals surface area contributed by atoms with E-state index in [-0.39, 0.29) is 0 Å². The highest BCUT2D eigenvalue weighted by atomic mass is 35.5. The van der Waals surface area contributed by atoms with E-state index in [1.54, 1.807) is 0 Å². The predicted octanol–water partition coefficient (Wildman–Crippen LogP) is 3.70. The predicted molar refractivity (Wildman–Crippen MR) is 82.5 cm³/mol. The van der Waals surface area contributed by atoms with Crippen LogP contribution in [0.4, 0.5) is 0 Å². The molecule has 1 aromatic carbocycles. The van der Waals surface area contributed by atoms with Crippen LogP contribution < -0.4 is 0 Å². The van der Waals surface area contributed by atoms with Gasteiger partial charge in [-0.3, -0.25) is 0 Å². The van der Waals surface area contributed by atoms with Crippen molar-refractivity contribution < 1.29 is 0 Å². The van der Waals surface area contributed by atoms with Crippen LogP contribution in [0.15, 0.2) is 18.2 Å². The molecular formula is C15H17Cl2N3. The number of alkyl halides is 1. The summed E-state index contributed by atoms with van der Waals surface area (Å²) >= 11 is 12.3. The van der Waals surface area contributed by atoms with Gasteiger partial charge in [-0.25, -0.2) is 4.98 Å². The summed E-state index contributed by atoms with van der Waals surface area (Å²) < 4.78 is 2.35. The van der Waals surface area contributed by atoms with E-state index in [0.29, 0.717) is 11.9 Å². The molecular weight excluding hydrogens is 293 g/mol. The van der Waals surface area contributed by atoms with E-state index >= 15 is 0 Å². The molecule has 0 aliphatic carbocycles. The molecule has 1 unspecified atom stereocenters. The third kappa shape index (κ3) is 1.95. The molecule has 0 radical (unpaired) electrons. The van der Waals surface area contributed by atoms with Gasteiger partial charge in [-0.1, -0.05) is 11.6 Å². The molecule has 0 amide bonds. The lowest BCUT2D eigenvalue weighted by Crippen LogP contribution is -2.48. The van der Waals surface area contributed by atoms with E-state index in [1.165, 1.54) is 25.9 Å². The number of piperidine rings is 3. The van der Waals surface area contributed by atoms with Gasteiger partial charge in [0.2, 0.25) is 0 Å². The minimum Gasteiger partial charge on any atom is -0.322 e. The van der Waals surface area contributed by atoms with Crippen molar-refractivity contribution >= 4 is 34.2 Å². The number of aromatic nitrogens is 2. The van der Waals surface area contributed by atoms with Crippen LogP contribution in [0.3, 0.4) is 0 Å². The number of fused-ring (bicyclic) bond motifs is 4. The third-order valence-electron chi connectivity index (χ3n) is 4.80. The van der Waals surface area contributed by atoms with Crippen molar-refractivity contribution in [1.29, 1.82) is 0 Å². The minimum atomic E-state index is 0.454. The molecule has 0 N–H and O–H groups in total. The maximum absolute atomic E-state index is 6.18. The Balaban J connectivity index is 1.87. The summed E-state index contributed by atoms with van der Waals surface area (Å²) in [5, 5.41) is 0.765. The highest BCUT2D eigenvalue weighted by Crippen LogP contribution is 2.38. The van der Waals surface area contributed by atoms with E-state index in [4.69, 9.17) is 23.2 Å². The number of rotatable bonds is 2. The van der Waals surface area contributed by atoms with E-state index in [9.17, 15) is 0 Å². The van der Waals surface area contributed by atoms with Crippen LogP contribution in [0, 0.1) is 5.92 Å². The SMILES string of the molecule is ClCc1nc2ccc(Cl)cc2n1C1CN2CCC1CC2. The molecule has 3 fully saturated rings. The standard InChI is InChI=1S/C15H17Cl2N3/c16-8-15-18-12-2-1-11(17)7-13(12)20(15)14-9-19-5-3-10(14)4-6-19/h1-2,7,10,14H,3-6,8-9H2. The van der Waals surface area contributed by atoms with Crippen molar-refractivity contribution in [3.63, 3.8) is 0 Å². The quantitative estimate of drug-likeness (QED) is 0.789. The molecule has 1 aromatic heterocycles. The van der Waals surface area contributed by atoms with Crippen molar-refractivity contribution in [2.75, 3.05) is 19.6 Å². The fraction of sp³-hybridized carbons (Fsp3) is 0.533. The largest absolute Gasteiger partial charge is 0.322 e. The lowest BCUT2D eigenvalue weighted by Gasteiger charge is -2.45. The van der Waals surface area contributed by atoms with Crippen LogP contribution in [-0.4, -0.2) is 34.1 Å². The molecule has 5 rings (SSSR count). The fourth-order valence-electron chi connectivity index (χ4n) is 3.81. The van der Waals surface area contributed by atoms with Gasteiger partial charge >= 0.3 is 0 Å². The summed E-state index contributed by atoms with van der Waals surface area (Å²) in [5.74, 6) is 2.18. The highest BCUT2D eigenvalue weighted by Gasteiger charge is 2.36. The van der Waals surface area contributed by atoms with Gasteiger partial charge in [0.15, 0.2) is 0 Å². The maximum Gasteiger partial charge on any atom is 0.125 e. The van der Waals surface area contributed by atoms with Crippen LogP contribution >= 0.6 is 23.2 Å². The first-order valence-electron chi connectivity index (χ1n) is 7.21. The number of halogens is 2. The zero-order chi connectivity index (χ0) is 13.7. The Hall–Kier alpha value is -0.770. The smallest absolute Gasteiger partial charge is 0.125 e. The molecule has 3 nitrogen and oxygen atoms in total. The molecule has 3 aliphatic heterocycles. The first-order valence-corrected chi connectivity index (χ1v) is 8.12. The van der Waals surface area contributed by atoms with Gasteiger partial charge < -0.3 is 9.47 Å². The minimum absolute atomic E-state index is 0.454. The van der Waals surface area contributed by atoms with E-state index in [2.05, 4.69) is 14.5 Å². The number of imidazole rings is 1. The van der Waals surface area contributed by atoms with Crippen LogP contribution in [0.1, 0.15) is 24.7 Å². The Bertz CT molecular complexity index is 644. The average Bonchev–Trinajstić information content (AvgIpc) is 2.86. The Labute approximate surface area is 128 Å². The van der Waals surface area contributed by atoms with Crippen molar-refractivity contribution in [3.05, 3.63) is 29.0 Å². The van der Waals surface area contributed by atoms with Gasteiger partial charge in [0.1, 0.15) is 5.82 Å². The van der Waals surface area contributed by atoms with Crippen molar-refractivity contribution in [3.8, 4) is 0 Å². The zero-order valence-electron chi connectivity index (χ0n) is 11.2. The summed E-state index contributed by atoms with van der Waals surface area (Å²) in [6, 6.07) is 6.41. The van der Waals surface area contributed by atoms with E-state index < -0.39 is 0 Å². The van der Waals surface area contributed by atoms with Gasteiger partial charge in [0.05, 0.1) is 23.0 Å². The van der Waals surface area contributed by atoms with Crippen LogP contribution in [0.5, 0.6) is 0 Å². The Kier molecular flexibility index (Phi) is 3.17. The fourth-order valence-corrected chi connectivity index (χ4v) is 4.16. The van der Waals surface area contributed by atoms with Gasteiger partial charge in [-0.05, 0) is 50.0 Å². The lowest BCUT2D eigenvalue weighted by atomic mass is 9.83. The molecule has 3 saturated heterocycles. The second-order valence-corrected chi connectivity index (χ2v) is 6.57. The zero-order valence-corrected chi connectivity index (χ0v) is 12.7. The van der Waals surface area contributed by atoms with Gasteiger partial charge in [-0.15, -0.1) is 11.6 Å². The molecule has 20 heavy (non-hydrogen) atoms. The second-order valence-electron chi connectivity index (χ2n) is 5.87. The van der Waals surface area contributed by atoms with Crippen LogP contribution in [-0.2, 0) is 5.88 Å². The molecule has 4 heterocycles. The monoisotopic (exact) mass is 309 g/mol. The first kappa shape index (κ1) is 12.9.